The molecule has 0 aliphatic carbocycles. The van der Waals surface area contributed by atoms with Crippen molar-refractivity contribution in [1.29, 1.82) is 0 Å². The first-order valence-electron chi connectivity index (χ1n) is 4.63. The summed E-state index contributed by atoms with van der Waals surface area (Å²) in [4.78, 5) is 10.6. The first-order chi connectivity index (χ1) is 5.58. The first kappa shape index (κ1) is 8.48. The fraction of sp³-hybridized carbons (Fsp3) is 1.00. The summed E-state index contributed by atoms with van der Waals surface area (Å²) in [6.45, 7) is 6.06. The Hall–Kier alpha value is -0.120. The summed E-state index contributed by atoms with van der Waals surface area (Å²) in [5.74, 6) is -0.430. The van der Waals surface area contributed by atoms with Gasteiger partial charge in [0.25, 0.3) is 0 Å². The van der Waals surface area contributed by atoms with E-state index in [1.807, 2.05) is 13.8 Å². The van der Waals surface area contributed by atoms with Crippen molar-refractivity contribution in [3.05, 3.63) is 0 Å². The fourth-order valence-electron chi connectivity index (χ4n) is 1.83. The molecule has 0 unspecified atom stereocenters. The van der Waals surface area contributed by atoms with Crippen LogP contribution >= 0.6 is 0 Å². The van der Waals surface area contributed by atoms with Crippen LogP contribution in [0.25, 0.3) is 0 Å². The molecule has 0 saturated carbocycles. The van der Waals surface area contributed by atoms with Crippen LogP contribution in [-0.2, 0) is 14.5 Å². The highest BCUT2D eigenvalue weighted by Gasteiger charge is 2.52. The summed E-state index contributed by atoms with van der Waals surface area (Å²) in [6.07, 6.45) is 3.06. The highest BCUT2D eigenvalue weighted by molar-refractivity contribution is 4.91. The molecule has 0 aromatic carbocycles. The van der Waals surface area contributed by atoms with Gasteiger partial charge in [0, 0.05) is 12.8 Å². The molecule has 2 fully saturated rings. The Bertz CT molecular complexity index is 190. The minimum Gasteiger partial charge on any atom is -0.341 e. The van der Waals surface area contributed by atoms with Crippen LogP contribution in [0.15, 0.2) is 0 Å². The Morgan fingerprint density at radius 2 is 2.08 bits per heavy atom. The molecule has 2 aliphatic heterocycles. The second-order valence-electron chi connectivity index (χ2n) is 4.18. The average Bonchev–Trinajstić information content (AvgIpc) is 2.42. The van der Waals surface area contributed by atoms with Crippen LogP contribution in [0.4, 0.5) is 0 Å². The van der Waals surface area contributed by atoms with E-state index in [4.69, 9.17) is 14.5 Å². The molecule has 2 saturated heterocycles. The van der Waals surface area contributed by atoms with Gasteiger partial charge in [-0.3, -0.25) is 0 Å². The highest BCUT2D eigenvalue weighted by atomic mass is 17.3. The van der Waals surface area contributed by atoms with E-state index in [1.54, 1.807) is 0 Å². The maximum Gasteiger partial charge on any atom is 0.201 e. The molecule has 2 aliphatic rings. The van der Waals surface area contributed by atoms with Crippen molar-refractivity contribution >= 4 is 0 Å². The Morgan fingerprint density at radius 1 is 1.33 bits per heavy atom. The van der Waals surface area contributed by atoms with Crippen molar-refractivity contribution in [2.75, 3.05) is 0 Å². The van der Waals surface area contributed by atoms with Gasteiger partial charge in [-0.25, -0.2) is 9.78 Å². The topological polar surface area (TPSA) is 27.7 Å². The average molecular weight is 172 g/mol. The smallest absolute Gasteiger partial charge is 0.201 e. The molecule has 2 rings (SSSR count). The van der Waals surface area contributed by atoms with E-state index < -0.39 is 5.79 Å². The van der Waals surface area contributed by atoms with Crippen molar-refractivity contribution < 1.29 is 14.5 Å². The molecule has 3 nitrogen and oxygen atoms in total. The Labute approximate surface area is 72.9 Å². The molecule has 3 heteroatoms. The van der Waals surface area contributed by atoms with Gasteiger partial charge < -0.3 is 4.74 Å². The third-order valence-electron chi connectivity index (χ3n) is 2.87. The molecule has 12 heavy (non-hydrogen) atoms. The SMILES string of the molecule is CC[C@@]12CC[C@H](O1)C(C)(C)OO2. The largest absolute Gasteiger partial charge is 0.341 e. The lowest BCUT2D eigenvalue weighted by Crippen LogP contribution is -2.49. The van der Waals surface area contributed by atoms with E-state index in [1.165, 1.54) is 0 Å². The van der Waals surface area contributed by atoms with E-state index in [-0.39, 0.29) is 11.7 Å². The van der Waals surface area contributed by atoms with Gasteiger partial charge in [-0.1, -0.05) is 6.92 Å². The molecule has 0 radical (unpaired) electrons. The molecule has 0 amide bonds. The summed E-state index contributed by atoms with van der Waals surface area (Å²) in [7, 11) is 0. The number of hydrogen-bond acceptors (Lipinski definition) is 3. The molecule has 0 aromatic rings. The molecule has 0 N–H and O–H groups in total. The van der Waals surface area contributed by atoms with Crippen molar-refractivity contribution in [2.24, 2.45) is 0 Å². The van der Waals surface area contributed by atoms with E-state index >= 15 is 0 Å². The molecular weight excluding hydrogens is 156 g/mol. The fourth-order valence-corrected chi connectivity index (χ4v) is 1.83. The zero-order valence-electron chi connectivity index (χ0n) is 7.92. The van der Waals surface area contributed by atoms with Crippen LogP contribution in [-0.4, -0.2) is 17.5 Å². The molecule has 2 bridgehead atoms. The zero-order chi connectivity index (χ0) is 8.82. The maximum atomic E-state index is 5.80. The number of hydrogen-bond donors (Lipinski definition) is 0. The predicted molar refractivity (Wildman–Crippen MR) is 43.4 cm³/mol. The van der Waals surface area contributed by atoms with Gasteiger partial charge in [-0.2, -0.15) is 0 Å². The van der Waals surface area contributed by atoms with Crippen LogP contribution in [0.5, 0.6) is 0 Å². The lowest BCUT2D eigenvalue weighted by molar-refractivity contribution is -0.505. The number of fused-ring (bicyclic) bond motifs is 2. The monoisotopic (exact) mass is 172 g/mol. The van der Waals surface area contributed by atoms with Gasteiger partial charge >= 0.3 is 0 Å². The second-order valence-corrected chi connectivity index (χ2v) is 4.18. The lowest BCUT2D eigenvalue weighted by atomic mass is 9.99. The number of rotatable bonds is 1. The molecule has 0 aromatic heterocycles. The summed E-state index contributed by atoms with van der Waals surface area (Å²) in [6, 6.07) is 0. The van der Waals surface area contributed by atoms with Crippen molar-refractivity contribution in [3.8, 4) is 0 Å². The highest BCUT2D eigenvalue weighted by Crippen LogP contribution is 2.44. The van der Waals surface area contributed by atoms with Gasteiger partial charge in [-0.05, 0) is 20.3 Å². The summed E-state index contributed by atoms with van der Waals surface area (Å²) < 4.78 is 5.80. The van der Waals surface area contributed by atoms with Crippen LogP contribution in [0.2, 0.25) is 0 Å². The van der Waals surface area contributed by atoms with Crippen molar-refractivity contribution in [3.63, 3.8) is 0 Å². The van der Waals surface area contributed by atoms with Crippen molar-refractivity contribution in [2.45, 2.75) is 57.5 Å². The van der Waals surface area contributed by atoms with E-state index in [0.717, 1.165) is 19.3 Å². The van der Waals surface area contributed by atoms with Gasteiger partial charge in [0.05, 0.1) is 6.10 Å². The maximum absolute atomic E-state index is 5.80. The normalized spacial score (nSPS) is 44.8. The Balaban J connectivity index is 2.16. The van der Waals surface area contributed by atoms with Crippen LogP contribution < -0.4 is 0 Å². The second kappa shape index (κ2) is 2.44. The Morgan fingerprint density at radius 3 is 2.75 bits per heavy atom. The molecule has 2 atom stereocenters. The van der Waals surface area contributed by atoms with Gasteiger partial charge in [0.15, 0.2) is 0 Å². The first-order valence-corrected chi connectivity index (χ1v) is 4.63. The van der Waals surface area contributed by atoms with Crippen molar-refractivity contribution in [1.82, 2.24) is 0 Å². The van der Waals surface area contributed by atoms with E-state index in [9.17, 15) is 0 Å². The zero-order valence-corrected chi connectivity index (χ0v) is 7.92. The Kier molecular flexibility index (Phi) is 1.72. The number of ether oxygens (including phenoxy) is 1. The quantitative estimate of drug-likeness (QED) is 0.566. The van der Waals surface area contributed by atoms with Gasteiger partial charge in [0.2, 0.25) is 5.79 Å². The van der Waals surface area contributed by atoms with Crippen LogP contribution in [0.1, 0.15) is 40.0 Å². The minimum atomic E-state index is -0.430. The third-order valence-corrected chi connectivity index (χ3v) is 2.87. The van der Waals surface area contributed by atoms with Crippen LogP contribution in [0, 0.1) is 0 Å². The summed E-state index contributed by atoms with van der Waals surface area (Å²) >= 11 is 0. The van der Waals surface area contributed by atoms with Gasteiger partial charge in [-0.15, -0.1) is 0 Å². The molecule has 2 heterocycles. The van der Waals surface area contributed by atoms with Crippen LogP contribution in [0.3, 0.4) is 0 Å². The summed E-state index contributed by atoms with van der Waals surface area (Å²) in [5.41, 5.74) is -0.283. The predicted octanol–water partition coefficient (Wildman–Crippen LogP) is 2.01. The summed E-state index contributed by atoms with van der Waals surface area (Å²) in [5, 5.41) is 0. The van der Waals surface area contributed by atoms with Gasteiger partial charge in [0.1, 0.15) is 5.60 Å². The van der Waals surface area contributed by atoms with E-state index in [2.05, 4.69) is 6.92 Å². The minimum absolute atomic E-state index is 0.200. The van der Waals surface area contributed by atoms with E-state index in [0.29, 0.717) is 0 Å². The third kappa shape index (κ3) is 1.08. The molecular formula is C9H16O3. The molecule has 0 spiro atoms. The standard InChI is InChI=1S/C9H16O3/c1-4-9-6-5-7(10-9)8(2,3)11-12-9/h7H,4-6H2,1-3H3/t7-,9+/m0/s1. The molecule has 70 valence electrons. The lowest BCUT2D eigenvalue weighted by Gasteiger charge is -2.40.